The standard InChI is InChI=1S/C15H13Cl2N3O2/c1-9(20-6-2-3-10(8-20)14(18)21)15(22)19-13-7-11(16)4-5-12(13)17/h2-9H,1H3,(H2-,18,19,21,22)/p+1/t9-/m1/s1. The molecule has 5 nitrogen and oxygen atoms in total. The van der Waals surface area contributed by atoms with Gasteiger partial charge in [0.25, 0.3) is 11.8 Å². The minimum atomic E-state index is -0.561. The number of amides is 2. The van der Waals surface area contributed by atoms with E-state index >= 15 is 0 Å². The molecule has 0 saturated heterocycles. The van der Waals surface area contributed by atoms with E-state index in [4.69, 9.17) is 28.9 Å². The molecule has 22 heavy (non-hydrogen) atoms. The van der Waals surface area contributed by atoms with E-state index in [2.05, 4.69) is 5.32 Å². The normalized spacial score (nSPS) is 11.8. The number of hydrogen-bond donors (Lipinski definition) is 2. The van der Waals surface area contributed by atoms with Crippen LogP contribution in [-0.4, -0.2) is 11.8 Å². The molecule has 1 aromatic heterocycles. The van der Waals surface area contributed by atoms with E-state index < -0.39 is 11.9 Å². The zero-order chi connectivity index (χ0) is 16.3. The Kier molecular flexibility index (Phi) is 5.00. The zero-order valence-corrected chi connectivity index (χ0v) is 13.2. The third kappa shape index (κ3) is 3.75. The van der Waals surface area contributed by atoms with Crippen LogP contribution in [-0.2, 0) is 4.79 Å². The lowest BCUT2D eigenvalue weighted by molar-refractivity contribution is -0.705. The molecule has 0 aliphatic carbocycles. The lowest BCUT2D eigenvalue weighted by Crippen LogP contribution is -2.44. The van der Waals surface area contributed by atoms with Gasteiger partial charge < -0.3 is 11.1 Å². The number of aromatic nitrogens is 1. The number of nitrogens with two attached hydrogens (primary N) is 1. The van der Waals surface area contributed by atoms with Crippen LogP contribution in [0.1, 0.15) is 23.3 Å². The Hall–Kier alpha value is -2.11. The summed E-state index contributed by atoms with van der Waals surface area (Å²) < 4.78 is 1.59. The molecule has 0 unspecified atom stereocenters. The predicted octanol–water partition coefficient (Wildman–Crippen LogP) is 2.58. The van der Waals surface area contributed by atoms with Crippen molar-refractivity contribution < 1.29 is 14.2 Å². The lowest BCUT2D eigenvalue weighted by atomic mass is 10.2. The number of anilines is 1. The SMILES string of the molecule is C[C@H](C(=O)Nc1cc(Cl)ccc1Cl)[n+]1cccc(C(N)=O)c1. The topological polar surface area (TPSA) is 76.1 Å². The zero-order valence-electron chi connectivity index (χ0n) is 11.7. The third-order valence-corrected chi connectivity index (χ3v) is 3.68. The summed E-state index contributed by atoms with van der Waals surface area (Å²) in [5.74, 6) is -0.851. The van der Waals surface area contributed by atoms with Crippen LogP contribution in [0.15, 0.2) is 42.7 Å². The Morgan fingerprint density at radius 1 is 1.27 bits per heavy atom. The number of nitrogens with zero attached hydrogens (tertiary/aromatic N) is 1. The Morgan fingerprint density at radius 2 is 2.00 bits per heavy atom. The molecule has 0 aliphatic rings. The van der Waals surface area contributed by atoms with Gasteiger partial charge in [0.05, 0.1) is 10.7 Å². The summed E-state index contributed by atoms with van der Waals surface area (Å²) >= 11 is 11.9. The van der Waals surface area contributed by atoms with Crippen molar-refractivity contribution in [3.8, 4) is 0 Å². The molecule has 0 saturated carbocycles. The van der Waals surface area contributed by atoms with Gasteiger partial charge in [-0.15, -0.1) is 0 Å². The number of halogens is 2. The highest BCUT2D eigenvalue weighted by molar-refractivity contribution is 6.35. The average Bonchev–Trinajstić information content (AvgIpc) is 2.50. The van der Waals surface area contributed by atoms with Crippen LogP contribution in [0.5, 0.6) is 0 Å². The molecule has 1 aromatic carbocycles. The first-order valence-electron chi connectivity index (χ1n) is 6.45. The first kappa shape index (κ1) is 16.3. The van der Waals surface area contributed by atoms with Crippen LogP contribution in [0.25, 0.3) is 0 Å². The first-order chi connectivity index (χ1) is 10.4. The Morgan fingerprint density at radius 3 is 2.68 bits per heavy atom. The molecule has 114 valence electrons. The number of rotatable bonds is 4. The van der Waals surface area contributed by atoms with Crippen molar-refractivity contribution in [3.05, 3.63) is 58.3 Å². The summed E-state index contributed by atoms with van der Waals surface area (Å²) in [6, 6.07) is 7.47. The summed E-state index contributed by atoms with van der Waals surface area (Å²) in [6.07, 6.45) is 3.20. The molecule has 1 heterocycles. The summed E-state index contributed by atoms with van der Waals surface area (Å²) in [6.45, 7) is 1.69. The smallest absolute Gasteiger partial charge is 0.293 e. The molecule has 0 spiro atoms. The van der Waals surface area contributed by atoms with Crippen LogP contribution >= 0.6 is 23.2 Å². The molecule has 1 atom stereocenters. The van der Waals surface area contributed by atoms with Crippen molar-refractivity contribution in [3.63, 3.8) is 0 Å². The minimum Gasteiger partial charge on any atom is -0.365 e. The van der Waals surface area contributed by atoms with Gasteiger partial charge in [0.2, 0.25) is 6.04 Å². The maximum absolute atomic E-state index is 12.3. The fourth-order valence-electron chi connectivity index (χ4n) is 1.85. The van der Waals surface area contributed by atoms with Gasteiger partial charge in [0, 0.05) is 18.0 Å². The second-order valence-corrected chi connectivity index (χ2v) is 5.54. The second kappa shape index (κ2) is 6.77. The molecule has 7 heteroatoms. The van der Waals surface area contributed by atoms with Gasteiger partial charge in [0.1, 0.15) is 5.56 Å². The number of hydrogen-bond acceptors (Lipinski definition) is 2. The molecule has 2 aromatic rings. The van der Waals surface area contributed by atoms with Crippen molar-refractivity contribution >= 4 is 40.7 Å². The van der Waals surface area contributed by atoms with Gasteiger partial charge in [0.15, 0.2) is 12.4 Å². The number of carbonyl (C=O) groups excluding carboxylic acids is 2. The highest BCUT2D eigenvalue weighted by atomic mass is 35.5. The largest absolute Gasteiger partial charge is 0.365 e. The van der Waals surface area contributed by atoms with Crippen LogP contribution in [0.3, 0.4) is 0 Å². The number of pyridine rings is 1. The van der Waals surface area contributed by atoms with E-state index in [9.17, 15) is 9.59 Å². The molecular formula is C15H14Cl2N3O2+. The minimum absolute atomic E-state index is 0.296. The lowest BCUT2D eigenvalue weighted by Gasteiger charge is -2.10. The van der Waals surface area contributed by atoms with Crippen molar-refractivity contribution in [1.82, 2.24) is 0 Å². The highest BCUT2D eigenvalue weighted by Gasteiger charge is 2.23. The summed E-state index contributed by atoms with van der Waals surface area (Å²) in [4.78, 5) is 23.5. The van der Waals surface area contributed by atoms with Crippen molar-refractivity contribution in [2.24, 2.45) is 5.73 Å². The molecule has 2 rings (SSSR count). The number of carbonyl (C=O) groups is 2. The van der Waals surface area contributed by atoms with Crippen LogP contribution < -0.4 is 15.6 Å². The molecule has 3 N–H and O–H groups in total. The molecule has 0 radical (unpaired) electrons. The fourth-order valence-corrected chi connectivity index (χ4v) is 2.18. The van der Waals surface area contributed by atoms with E-state index in [0.29, 0.717) is 21.3 Å². The van der Waals surface area contributed by atoms with E-state index in [1.165, 1.54) is 6.20 Å². The fraction of sp³-hybridized carbons (Fsp3) is 0.133. The van der Waals surface area contributed by atoms with Gasteiger partial charge >= 0.3 is 0 Å². The molecule has 0 fully saturated rings. The molecule has 0 aliphatic heterocycles. The van der Waals surface area contributed by atoms with Gasteiger partial charge in [-0.05, 0) is 24.3 Å². The van der Waals surface area contributed by atoms with Gasteiger partial charge in [-0.3, -0.25) is 9.59 Å². The molecule has 2 amide bonds. The summed E-state index contributed by atoms with van der Waals surface area (Å²) in [7, 11) is 0. The first-order valence-corrected chi connectivity index (χ1v) is 7.20. The molecular weight excluding hydrogens is 325 g/mol. The van der Waals surface area contributed by atoms with Gasteiger partial charge in [-0.1, -0.05) is 23.2 Å². The number of nitrogens with one attached hydrogen (secondary N) is 1. The maximum Gasteiger partial charge on any atom is 0.293 e. The van der Waals surface area contributed by atoms with E-state index in [0.717, 1.165) is 0 Å². The quantitative estimate of drug-likeness (QED) is 0.840. The maximum atomic E-state index is 12.3. The Bertz CT molecular complexity index is 734. The van der Waals surface area contributed by atoms with Gasteiger partial charge in [-0.25, -0.2) is 0 Å². The van der Waals surface area contributed by atoms with E-state index in [-0.39, 0.29) is 5.91 Å². The highest BCUT2D eigenvalue weighted by Crippen LogP contribution is 2.25. The summed E-state index contributed by atoms with van der Waals surface area (Å²) in [5, 5.41) is 3.56. The monoisotopic (exact) mass is 338 g/mol. The van der Waals surface area contributed by atoms with Crippen molar-refractivity contribution in [1.29, 1.82) is 0 Å². The summed E-state index contributed by atoms with van der Waals surface area (Å²) in [5.41, 5.74) is 5.98. The average molecular weight is 339 g/mol. The Balaban J connectivity index is 2.20. The van der Waals surface area contributed by atoms with Crippen molar-refractivity contribution in [2.75, 3.05) is 5.32 Å². The predicted molar refractivity (Wildman–Crippen MR) is 85.0 cm³/mol. The second-order valence-electron chi connectivity index (χ2n) is 4.69. The van der Waals surface area contributed by atoms with Crippen LogP contribution in [0.4, 0.5) is 5.69 Å². The van der Waals surface area contributed by atoms with E-state index in [1.54, 1.807) is 48.0 Å². The third-order valence-electron chi connectivity index (χ3n) is 3.12. The van der Waals surface area contributed by atoms with Gasteiger partial charge in [-0.2, -0.15) is 4.57 Å². The van der Waals surface area contributed by atoms with E-state index in [1.807, 2.05) is 0 Å². The number of primary amides is 1. The van der Waals surface area contributed by atoms with Crippen LogP contribution in [0, 0.1) is 0 Å². The van der Waals surface area contributed by atoms with Crippen LogP contribution in [0.2, 0.25) is 10.0 Å². The Labute approximate surface area is 137 Å². The number of benzene rings is 1. The molecule has 0 bridgehead atoms. The van der Waals surface area contributed by atoms with Crippen molar-refractivity contribution in [2.45, 2.75) is 13.0 Å².